The predicted octanol–water partition coefficient (Wildman–Crippen LogP) is 5.42. The van der Waals surface area contributed by atoms with Crippen molar-refractivity contribution >= 4 is 45.6 Å². The molecule has 0 saturated heterocycles. The zero-order chi connectivity index (χ0) is 20.4. The molecule has 1 aliphatic rings. The third-order valence-electron chi connectivity index (χ3n) is 4.92. The lowest BCUT2D eigenvalue weighted by molar-refractivity contribution is -0.117. The van der Waals surface area contributed by atoms with Crippen molar-refractivity contribution in [2.45, 2.75) is 32.1 Å². The van der Waals surface area contributed by atoms with Gasteiger partial charge in [0.25, 0.3) is 5.91 Å². The van der Waals surface area contributed by atoms with Gasteiger partial charge in [-0.05, 0) is 62.6 Å². The molecule has 29 heavy (non-hydrogen) atoms. The summed E-state index contributed by atoms with van der Waals surface area (Å²) in [6.45, 7) is 2.01. The Balaban J connectivity index is 1.49. The van der Waals surface area contributed by atoms with Crippen LogP contribution < -0.4 is 10.6 Å². The fraction of sp³-hybridized carbons (Fsp3) is 0.227. The van der Waals surface area contributed by atoms with Gasteiger partial charge in [0.15, 0.2) is 5.13 Å². The number of aromatic nitrogens is 1. The van der Waals surface area contributed by atoms with E-state index < -0.39 is 0 Å². The Labute approximate surface area is 178 Å². The summed E-state index contributed by atoms with van der Waals surface area (Å²) >= 11 is 7.32. The van der Waals surface area contributed by atoms with Gasteiger partial charge in [0, 0.05) is 21.2 Å². The van der Waals surface area contributed by atoms with Gasteiger partial charge in [0.1, 0.15) is 0 Å². The number of carbonyl (C=O) groups excluding carboxylic acids is 2. The van der Waals surface area contributed by atoms with Crippen molar-refractivity contribution in [1.82, 2.24) is 4.98 Å². The van der Waals surface area contributed by atoms with Crippen molar-refractivity contribution in [1.29, 1.82) is 0 Å². The minimum Gasteiger partial charge on any atom is -0.326 e. The zero-order valence-electron chi connectivity index (χ0n) is 15.9. The van der Waals surface area contributed by atoms with Crippen LogP contribution in [-0.2, 0) is 11.2 Å². The number of thiazole rings is 1. The van der Waals surface area contributed by atoms with E-state index in [1.54, 1.807) is 24.3 Å². The van der Waals surface area contributed by atoms with Crippen LogP contribution in [0.3, 0.4) is 0 Å². The van der Waals surface area contributed by atoms with E-state index in [-0.39, 0.29) is 17.7 Å². The predicted molar refractivity (Wildman–Crippen MR) is 117 cm³/mol. The molecule has 2 aromatic carbocycles. The quantitative estimate of drug-likeness (QED) is 0.586. The summed E-state index contributed by atoms with van der Waals surface area (Å²) in [6.07, 6.45) is 2.54. The molecule has 0 spiro atoms. The van der Waals surface area contributed by atoms with Crippen LogP contribution in [0.4, 0.5) is 10.8 Å². The highest BCUT2D eigenvalue weighted by Gasteiger charge is 2.30. The third-order valence-corrected chi connectivity index (χ3v) is 6.22. The lowest BCUT2D eigenvalue weighted by Gasteiger charge is -2.20. The van der Waals surface area contributed by atoms with E-state index in [0.717, 1.165) is 41.1 Å². The largest absolute Gasteiger partial charge is 0.326 e. The number of hydrogen-bond acceptors (Lipinski definition) is 4. The zero-order valence-corrected chi connectivity index (χ0v) is 17.4. The van der Waals surface area contributed by atoms with Gasteiger partial charge in [-0.25, -0.2) is 4.98 Å². The van der Waals surface area contributed by atoms with Crippen LogP contribution in [-0.4, -0.2) is 16.8 Å². The topological polar surface area (TPSA) is 71.1 Å². The summed E-state index contributed by atoms with van der Waals surface area (Å²) in [7, 11) is 0. The first-order valence-electron chi connectivity index (χ1n) is 9.43. The first kappa shape index (κ1) is 19.6. The first-order valence-corrected chi connectivity index (χ1v) is 10.6. The van der Waals surface area contributed by atoms with Gasteiger partial charge in [-0.3, -0.25) is 14.9 Å². The number of halogens is 1. The maximum absolute atomic E-state index is 12.9. The van der Waals surface area contributed by atoms with Crippen molar-refractivity contribution < 1.29 is 9.59 Å². The number of amides is 2. The average molecular weight is 426 g/mol. The second kappa shape index (κ2) is 8.35. The number of benzene rings is 2. The van der Waals surface area contributed by atoms with Crippen molar-refractivity contribution in [3.63, 3.8) is 0 Å². The Morgan fingerprint density at radius 2 is 1.79 bits per heavy atom. The summed E-state index contributed by atoms with van der Waals surface area (Å²) < 4.78 is 0. The Morgan fingerprint density at radius 3 is 2.52 bits per heavy atom. The molecule has 1 unspecified atom stereocenters. The number of rotatable bonds is 4. The Morgan fingerprint density at radius 1 is 1.07 bits per heavy atom. The van der Waals surface area contributed by atoms with Crippen LogP contribution in [0.1, 0.15) is 45.3 Å². The molecule has 2 N–H and O–H groups in total. The van der Waals surface area contributed by atoms with Crippen LogP contribution in [0.25, 0.3) is 0 Å². The van der Waals surface area contributed by atoms with E-state index in [2.05, 4.69) is 15.6 Å². The van der Waals surface area contributed by atoms with Crippen molar-refractivity contribution in [3.8, 4) is 0 Å². The molecule has 0 fully saturated rings. The Hall–Kier alpha value is -2.70. The Kier molecular flexibility index (Phi) is 5.65. The number of carbonyl (C=O) groups is 2. The highest BCUT2D eigenvalue weighted by molar-refractivity contribution is 7.16. The minimum atomic E-state index is -0.308. The molecule has 5 nitrogen and oxygen atoms in total. The van der Waals surface area contributed by atoms with E-state index in [1.165, 1.54) is 11.3 Å². The lowest BCUT2D eigenvalue weighted by Crippen LogP contribution is -2.24. The van der Waals surface area contributed by atoms with Crippen molar-refractivity contribution in [2.24, 2.45) is 0 Å². The molecule has 0 bridgehead atoms. The fourth-order valence-corrected chi connectivity index (χ4v) is 4.55. The van der Waals surface area contributed by atoms with Gasteiger partial charge in [-0.15, -0.1) is 11.3 Å². The highest BCUT2D eigenvalue weighted by Crippen LogP contribution is 2.37. The molecule has 2 amide bonds. The van der Waals surface area contributed by atoms with Crippen LogP contribution >= 0.6 is 22.9 Å². The molecular weight excluding hydrogens is 406 g/mol. The molecule has 148 valence electrons. The molecule has 1 heterocycles. The van der Waals surface area contributed by atoms with Gasteiger partial charge in [-0.1, -0.05) is 29.3 Å². The molecule has 7 heteroatoms. The van der Waals surface area contributed by atoms with Gasteiger partial charge >= 0.3 is 0 Å². The maximum atomic E-state index is 12.9. The number of fused-ring (bicyclic) bond motifs is 1. The van der Waals surface area contributed by atoms with Crippen LogP contribution in [0, 0.1) is 6.92 Å². The third kappa shape index (κ3) is 4.49. The van der Waals surface area contributed by atoms with E-state index in [4.69, 9.17) is 11.6 Å². The maximum Gasteiger partial charge on any atom is 0.257 e. The van der Waals surface area contributed by atoms with E-state index >= 15 is 0 Å². The molecule has 0 radical (unpaired) electrons. The standard InChI is InChI=1S/C22H20ClN3O2S/c1-13-5-11-16(12-6-13)24-21(28)17-3-2-4-18-19(17)25-22(29-18)26-20(27)14-7-9-15(23)10-8-14/h5-12,17H,2-4H2,1H3,(H,24,28)(H,25,26,27). The molecule has 0 saturated carbocycles. The molecule has 3 aromatic rings. The van der Waals surface area contributed by atoms with Gasteiger partial charge < -0.3 is 5.32 Å². The number of nitrogens with one attached hydrogen (secondary N) is 2. The van der Waals surface area contributed by atoms with Crippen LogP contribution in [0.15, 0.2) is 48.5 Å². The Bertz CT molecular complexity index is 1040. The molecule has 1 aliphatic carbocycles. The monoisotopic (exact) mass is 425 g/mol. The van der Waals surface area contributed by atoms with Gasteiger partial charge in [-0.2, -0.15) is 0 Å². The average Bonchev–Trinajstić information content (AvgIpc) is 3.12. The summed E-state index contributed by atoms with van der Waals surface area (Å²) in [5.74, 6) is -0.610. The molecular formula is C22H20ClN3O2S. The minimum absolute atomic E-state index is 0.0596. The first-order chi connectivity index (χ1) is 14.0. The van der Waals surface area contributed by atoms with E-state index in [9.17, 15) is 9.59 Å². The molecule has 4 rings (SSSR count). The molecule has 1 aromatic heterocycles. The van der Waals surface area contributed by atoms with Gasteiger partial charge in [0.2, 0.25) is 5.91 Å². The van der Waals surface area contributed by atoms with Crippen molar-refractivity contribution in [3.05, 3.63) is 75.3 Å². The second-order valence-corrected chi connectivity index (χ2v) is 8.61. The van der Waals surface area contributed by atoms with Crippen molar-refractivity contribution in [2.75, 3.05) is 10.6 Å². The number of nitrogens with zero attached hydrogens (tertiary/aromatic N) is 1. The summed E-state index contributed by atoms with van der Waals surface area (Å²) in [5, 5.41) is 6.93. The number of aryl methyl sites for hydroxylation is 2. The molecule has 0 aliphatic heterocycles. The summed E-state index contributed by atoms with van der Waals surface area (Å²) in [5.41, 5.74) is 3.20. The smallest absolute Gasteiger partial charge is 0.257 e. The van der Waals surface area contributed by atoms with Crippen LogP contribution in [0.5, 0.6) is 0 Å². The summed E-state index contributed by atoms with van der Waals surface area (Å²) in [4.78, 5) is 31.0. The lowest BCUT2D eigenvalue weighted by atomic mass is 9.90. The van der Waals surface area contributed by atoms with Gasteiger partial charge in [0.05, 0.1) is 11.6 Å². The SMILES string of the molecule is Cc1ccc(NC(=O)C2CCCc3sc(NC(=O)c4ccc(Cl)cc4)nc32)cc1. The fourth-order valence-electron chi connectivity index (χ4n) is 3.36. The normalized spacial score (nSPS) is 15.4. The van der Waals surface area contributed by atoms with E-state index in [1.807, 2.05) is 31.2 Å². The molecule has 1 atom stereocenters. The number of hydrogen-bond donors (Lipinski definition) is 2. The van der Waals surface area contributed by atoms with E-state index in [0.29, 0.717) is 15.7 Å². The number of anilines is 2. The summed E-state index contributed by atoms with van der Waals surface area (Å²) in [6, 6.07) is 14.4. The second-order valence-electron chi connectivity index (χ2n) is 7.09. The van der Waals surface area contributed by atoms with Crippen LogP contribution in [0.2, 0.25) is 5.02 Å². The highest BCUT2D eigenvalue weighted by atomic mass is 35.5.